The molecule has 2 aliphatic rings. The average Bonchev–Trinajstić information content (AvgIpc) is 3.05. The molecule has 3 rings (SSSR count). The molecule has 37 heavy (non-hydrogen) atoms. The number of hydrogen-bond donors (Lipinski definition) is 3. The Balaban J connectivity index is 1.49. The van der Waals surface area contributed by atoms with E-state index in [0.717, 1.165) is 30.8 Å². The number of unbranched alkanes of at least 4 members (excludes halogenated alkanes) is 1. The molecule has 1 aromatic carbocycles. The quantitative estimate of drug-likeness (QED) is 0.124. The number of fused-ring (bicyclic) bond motifs is 1. The van der Waals surface area contributed by atoms with Crippen molar-refractivity contribution >= 4 is 87.3 Å². The first-order valence-electron chi connectivity index (χ1n) is 11.9. The maximum atomic E-state index is 13.0. The average molecular weight is 773 g/mol. The summed E-state index contributed by atoms with van der Waals surface area (Å²) < 4.78 is 1.81. The first-order chi connectivity index (χ1) is 17.1. The number of likely N-dealkylation sites (N-methyl/N-ethyl adjacent to an activating group) is 1. The smallest absolute Gasteiger partial charge is 0.330 e. The van der Waals surface area contributed by atoms with Crippen LogP contribution in [0.2, 0.25) is 0 Å². The summed E-state index contributed by atoms with van der Waals surface area (Å²) in [7, 11) is 1.22. The lowest BCUT2D eigenvalue weighted by Crippen LogP contribution is -2.61. The van der Waals surface area contributed by atoms with Crippen molar-refractivity contribution in [1.29, 1.82) is 0 Å². The Morgan fingerprint density at radius 1 is 0.892 bits per heavy atom. The van der Waals surface area contributed by atoms with E-state index in [0.29, 0.717) is 41.9 Å². The number of nitrogens with zero attached hydrogens (tertiary/aromatic N) is 2. The third-order valence-corrected chi connectivity index (χ3v) is 11.1. The van der Waals surface area contributed by atoms with Crippen LogP contribution in [0.25, 0.3) is 0 Å². The fraction of sp³-hybridized carbons (Fsp3) is 0.583. The molecular weight excluding hydrogens is 742 g/mol. The van der Waals surface area contributed by atoms with Crippen LogP contribution in [0.1, 0.15) is 74.1 Å². The van der Waals surface area contributed by atoms with E-state index < -0.39 is 23.6 Å². The first-order valence-corrected chi connectivity index (χ1v) is 15.1. The van der Waals surface area contributed by atoms with Crippen molar-refractivity contribution in [1.82, 2.24) is 26.0 Å². The zero-order valence-corrected chi connectivity index (χ0v) is 27.7. The SMILES string of the molecule is CN(C(=O)C(=O)NCCCCNC1CC(C)(C)NC(C)(C)C1)N1C(=O)c2c(Br)c(Br)c(Br)c(Br)c2C1=O. The standard InChI is InChI=1S/C24H31Br4N5O4/c1-23(2)10-12(11-24(3,4)31-23)29-8-6-7-9-30-19(34)22(37)32(5)33-20(35)13-14(21(33)36)16(26)18(28)17(27)15(13)25/h12,29,31H,6-11H2,1-5H3,(H,30,34). The summed E-state index contributed by atoms with van der Waals surface area (Å²) in [6.45, 7) is 9.97. The number of hydrogen-bond acceptors (Lipinski definition) is 6. The lowest BCUT2D eigenvalue weighted by atomic mass is 9.79. The minimum atomic E-state index is -1.00. The highest BCUT2D eigenvalue weighted by Crippen LogP contribution is 2.45. The van der Waals surface area contributed by atoms with Crippen LogP contribution in [0, 0.1) is 0 Å². The van der Waals surface area contributed by atoms with Gasteiger partial charge in [-0.25, -0.2) is 5.01 Å². The fourth-order valence-corrected chi connectivity index (χ4v) is 7.61. The molecule has 0 spiro atoms. The van der Waals surface area contributed by atoms with Crippen molar-refractivity contribution in [2.75, 3.05) is 20.1 Å². The summed E-state index contributed by atoms with van der Waals surface area (Å²) in [5.74, 6) is -3.30. The highest BCUT2D eigenvalue weighted by Gasteiger charge is 2.45. The second-order valence-corrected chi connectivity index (χ2v) is 13.8. The van der Waals surface area contributed by atoms with Gasteiger partial charge in [-0.15, -0.1) is 0 Å². The van der Waals surface area contributed by atoms with E-state index >= 15 is 0 Å². The predicted molar refractivity (Wildman–Crippen MR) is 155 cm³/mol. The van der Waals surface area contributed by atoms with E-state index in [1.54, 1.807) is 0 Å². The van der Waals surface area contributed by atoms with Crippen molar-refractivity contribution in [3.8, 4) is 0 Å². The molecule has 0 aliphatic carbocycles. The molecule has 1 aromatic rings. The molecule has 9 nitrogen and oxygen atoms in total. The molecule has 2 heterocycles. The minimum absolute atomic E-state index is 0.0679. The Hall–Kier alpha value is -0.860. The number of hydrazine groups is 1. The fourth-order valence-electron chi connectivity index (χ4n) is 5.15. The normalized spacial score (nSPS) is 18.7. The van der Waals surface area contributed by atoms with Gasteiger partial charge in [0.05, 0.1) is 11.1 Å². The molecule has 204 valence electrons. The van der Waals surface area contributed by atoms with Gasteiger partial charge in [-0.05, 0) is 124 Å². The van der Waals surface area contributed by atoms with Crippen molar-refractivity contribution in [2.45, 2.75) is 70.5 Å². The van der Waals surface area contributed by atoms with Crippen molar-refractivity contribution in [3.05, 3.63) is 29.0 Å². The van der Waals surface area contributed by atoms with Crippen molar-refractivity contribution in [2.24, 2.45) is 0 Å². The van der Waals surface area contributed by atoms with E-state index in [1.807, 2.05) is 0 Å². The molecule has 13 heteroatoms. The van der Waals surface area contributed by atoms with Crippen molar-refractivity contribution < 1.29 is 19.2 Å². The zero-order chi connectivity index (χ0) is 27.9. The molecule has 4 amide bonds. The second-order valence-electron chi connectivity index (χ2n) is 10.7. The predicted octanol–water partition coefficient (Wildman–Crippen LogP) is 4.50. The Kier molecular flexibility index (Phi) is 9.71. The second kappa shape index (κ2) is 11.7. The van der Waals surface area contributed by atoms with Crippen LogP contribution in [0.5, 0.6) is 0 Å². The molecule has 0 aromatic heterocycles. The minimum Gasteiger partial charge on any atom is -0.348 e. The number of nitrogens with one attached hydrogen (secondary N) is 3. The number of carbonyl (C=O) groups excluding carboxylic acids is 4. The van der Waals surface area contributed by atoms with Crippen LogP contribution in [-0.2, 0) is 9.59 Å². The van der Waals surface area contributed by atoms with Gasteiger partial charge in [0.25, 0.3) is 11.8 Å². The first kappa shape index (κ1) is 30.7. The third kappa shape index (κ3) is 6.66. The summed E-state index contributed by atoms with van der Waals surface area (Å²) in [4.78, 5) is 51.3. The van der Waals surface area contributed by atoms with Crippen molar-refractivity contribution in [3.63, 3.8) is 0 Å². The van der Waals surface area contributed by atoms with Crippen LogP contribution in [0.15, 0.2) is 17.9 Å². The highest BCUT2D eigenvalue weighted by atomic mass is 79.9. The summed E-state index contributed by atoms with van der Waals surface area (Å²) in [6, 6.07) is 0.414. The van der Waals surface area contributed by atoms with Gasteiger partial charge in [0.2, 0.25) is 0 Å². The lowest BCUT2D eigenvalue weighted by molar-refractivity contribution is -0.150. The van der Waals surface area contributed by atoms with E-state index in [-0.39, 0.29) is 22.2 Å². The molecule has 1 fully saturated rings. The summed E-state index contributed by atoms with van der Waals surface area (Å²) >= 11 is 13.4. The van der Waals surface area contributed by atoms with Gasteiger partial charge in [0.1, 0.15) is 0 Å². The Labute approximate surface area is 250 Å². The molecule has 0 radical (unpaired) electrons. The molecule has 0 saturated carbocycles. The van der Waals surface area contributed by atoms with Gasteiger partial charge in [-0.1, -0.05) is 0 Å². The van der Waals surface area contributed by atoms with Crippen LogP contribution < -0.4 is 16.0 Å². The highest BCUT2D eigenvalue weighted by molar-refractivity contribution is 9.15. The number of imide groups is 1. The van der Waals surface area contributed by atoms with E-state index in [1.165, 1.54) is 7.05 Å². The van der Waals surface area contributed by atoms with Crippen LogP contribution in [0.4, 0.5) is 0 Å². The number of halogens is 4. The van der Waals surface area contributed by atoms with Crippen LogP contribution in [0.3, 0.4) is 0 Å². The largest absolute Gasteiger partial charge is 0.348 e. The van der Waals surface area contributed by atoms with Crippen LogP contribution >= 0.6 is 63.7 Å². The topological polar surface area (TPSA) is 111 Å². The summed E-state index contributed by atoms with van der Waals surface area (Å²) in [6.07, 6.45) is 3.58. The molecular formula is C24H31Br4N5O4. The molecule has 1 saturated heterocycles. The summed E-state index contributed by atoms with van der Waals surface area (Å²) in [5, 5.41) is 11.3. The Morgan fingerprint density at radius 3 is 1.84 bits per heavy atom. The number of piperidine rings is 1. The van der Waals surface area contributed by atoms with Gasteiger partial charge in [0, 0.05) is 48.6 Å². The van der Waals surface area contributed by atoms with E-state index in [2.05, 4.69) is 107 Å². The zero-order valence-electron chi connectivity index (χ0n) is 21.4. The van der Waals surface area contributed by atoms with E-state index in [4.69, 9.17) is 0 Å². The Morgan fingerprint density at radius 2 is 1.35 bits per heavy atom. The van der Waals surface area contributed by atoms with Gasteiger partial charge in [-0.3, -0.25) is 19.2 Å². The number of benzene rings is 1. The maximum absolute atomic E-state index is 13.0. The molecule has 0 unspecified atom stereocenters. The number of rotatable bonds is 7. The number of carbonyl (C=O) groups is 4. The third-order valence-electron chi connectivity index (χ3n) is 6.38. The molecule has 0 bridgehead atoms. The maximum Gasteiger partial charge on any atom is 0.330 e. The Bertz CT molecular complexity index is 1080. The number of amides is 4. The van der Waals surface area contributed by atoms with E-state index in [9.17, 15) is 19.2 Å². The van der Waals surface area contributed by atoms with Gasteiger partial charge >= 0.3 is 11.8 Å². The van der Waals surface area contributed by atoms with Crippen LogP contribution in [-0.4, -0.2) is 70.9 Å². The van der Waals surface area contributed by atoms with Gasteiger partial charge in [0.15, 0.2) is 0 Å². The van der Waals surface area contributed by atoms with Gasteiger partial charge in [-0.2, -0.15) is 5.01 Å². The molecule has 3 N–H and O–H groups in total. The summed E-state index contributed by atoms with van der Waals surface area (Å²) in [5.41, 5.74) is 0.330. The lowest BCUT2D eigenvalue weighted by Gasteiger charge is -2.46. The monoisotopic (exact) mass is 769 g/mol. The van der Waals surface area contributed by atoms with Gasteiger partial charge < -0.3 is 16.0 Å². The molecule has 0 atom stereocenters. The molecule has 2 aliphatic heterocycles.